The van der Waals surface area contributed by atoms with Gasteiger partial charge in [-0.05, 0) is 50.4 Å². The maximum absolute atomic E-state index is 8.61. The van der Waals surface area contributed by atoms with Gasteiger partial charge in [-0.25, -0.2) is 15.0 Å². The van der Waals surface area contributed by atoms with Gasteiger partial charge in [-0.3, -0.25) is 5.32 Å². The molecule has 6 nitrogen and oxygen atoms in total. The molecule has 0 aliphatic rings. The molecule has 0 unspecified atom stereocenters. The van der Waals surface area contributed by atoms with Crippen LogP contribution < -0.4 is 10.1 Å². The molecule has 22 heavy (non-hydrogen) atoms. The van der Waals surface area contributed by atoms with Gasteiger partial charge >= 0.3 is 6.01 Å². The quantitative estimate of drug-likeness (QED) is 0.405. The molecule has 0 aliphatic heterocycles. The third-order valence-electron chi connectivity index (χ3n) is 2.59. The molecular formula is C15H15N5OS. The Hall–Kier alpha value is -2.59. The highest BCUT2D eigenvalue weighted by Gasteiger charge is 2.03. The van der Waals surface area contributed by atoms with E-state index in [0.29, 0.717) is 16.9 Å². The zero-order valence-electron chi connectivity index (χ0n) is 12.5. The Labute approximate surface area is 133 Å². The molecule has 0 amide bonds. The predicted octanol–water partition coefficient (Wildman–Crippen LogP) is 3.31. The van der Waals surface area contributed by atoms with Crippen molar-refractivity contribution in [2.24, 2.45) is 4.99 Å². The van der Waals surface area contributed by atoms with Crippen molar-refractivity contribution in [3.8, 4) is 18.0 Å². The maximum atomic E-state index is 8.61. The fourth-order valence-corrected chi connectivity index (χ4v) is 2.07. The number of hydrogen-bond donors (Lipinski definition) is 1. The van der Waals surface area contributed by atoms with Crippen molar-refractivity contribution in [2.45, 2.75) is 13.8 Å². The number of ether oxygens (including phenoxy) is 1. The molecule has 0 bridgehead atoms. The zero-order valence-corrected chi connectivity index (χ0v) is 13.3. The molecule has 1 aromatic heterocycles. The van der Waals surface area contributed by atoms with E-state index < -0.39 is 0 Å². The average molecular weight is 313 g/mol. The summed E-state index contributed by atoms with van der Waals surface area (Å²) in [6, 6.07) is 9.37. The SMILES string of the molecule is CSC(=Nc1ccc(Oc2nc(C)cc(C)n2)cc1)NC#N. The first-order chi connectivity index (χ1) is 10.6. The van der Waals surface area contributed by atoms with Gasteiger partial charge in [0.25, 0.3) is 0 Å². The number of nitriles is 1. The second kappa shape index (κ2) is 7.43. The van der Waals surface area contributed by atoms with E-state index >= 15 is 0 Å². The van der Waals surface area contributed by atoms with Gasteiger partial charge in [0.05, 0.1) is 5.69 Å². The van der Waals surface area contributed by atoms with Crippen LogP contribution in [-0.2, 0) is 0 Å². The van der Waals surface area contributed by atoms with E-state index in [2.05, 4.69) is 20.3 Å². The van der Waals surface area contributed by atoms with Crippen LogP contribution in [0.15, 0.2) is 35.3 Å². The summed E-state index contributed by atoms with van der Waals surface area (Å²) in [6.07, 6.45) is 3.70. The van der Waals surface area contributed by atoms with Gasteiger partial charge < -0.3 is 4.74 Å². The lowest BCUT2D eigenvalue weighted by atomic mass is 10.3. The number of rotatable bonds is 3. The van der Waals surface area contributed by atoms with E-state index in [4.69, 9.17) is 10.00 Å². The monoisotopic (exact) mass is 313 g/mol. The van der Waals surface area contributed by atoms with Crippen LogP contribution in [0.3, 0.4) is 0 Å². The number of aromatic nitrogens is 2. The van der Waals surface area contributed by atoms with Crippen LogP contribution in [0.4, 0.5) is 5.69 Å². The molecule has 0 atom stereocenters. The predicted molar refractivity (Wildman–Crippen MR) is 87.4 cm³/mol. The normalized spacial score (nSPS) is 10.9. The number of nitrogens with one attached hydrogen (secondary N) is 1. The van der Waals surface area contributed by atoms with E-state index in [1.54, 1.807) is 24.3 Å². The molecule has 1 heterocycles. The molecule has 0 saturated heterocycles. The van der Waals surface area contributed by atoms with E-state index in [0.717, 1.165) is 17.1 Å². The number of aryl methyl sites for hydroxylation is 2. The molecule has 7 heteroatoms. The largest absolute Gasteiger partial charge is 0.424 e. The number of aliphatic imine (C=N–C) groups is 1. The van der Waals surface area contributed by atoms with Crippen LogP contribution >= 0.6 is 11.8 Å². The Morgan fingerprint density at radius 1 is 1.23 bits per heavy atom. The van der Waals surface area contributed by atoms with Gasteiger partial charge in [-0.1, -0.05) is 11.8 Å². The minimum Gasteiger partial charge on any atom is -0.424 e. The molecule has 0 fully saturated rings. The highest BCUT2D eigenvalue weighted by atomic mass is 32.2. The van der Waals surface area contributed by atoms with E-state index in [1.807, 2.05) is 32.4 Å². The van der Waals surface area contributed by atoms with Gasteiger partial charge in [0.15, 0.2) is 11.4 Å². The molecule has 0 spiro atoms. The highest BCUT2D eigenvalue weighted by molar-refractivity contribution is 8.13. The fourth-order valence-electron chi connectivity index (χ4n) is 1.72. The first kappa shape index (κ1) is 15.8. The standard InChI is InChI=1S/C15H15N5OS/c1-10-8-11(2)19-14(18-10)21-13-6-4-12(5-7-13)20-15(22-3)17-9-16/h4-8H,1-3H3,(H,17,20). The van der Waals surface area contributed by atoms with Gasteiger partial charge in [0.1, 0.15) is 5.75 Å². The maximum Gasteiger partial charge on any atom is 0.322 e. The Morgan fingerprint density at radius 3 is 2.41 bits per heavy atom. The van der Waals surface area contributed by atoms with Crippen LogP contribution in [-0.4, -0.2) is 21.4 Å². The number of thioether (sulfide) groups is 1. The Balaban J connectivity index is 2.13. The lowest BCUT2D eigenvalue weighted by Crippen LogP contribution is -2.12. The molecule has 112 valence electrons. The van der Waals surface area contributed by atoms with Crippen molar-refractivity contribution in [1.82, 2.24) is 15.3 Å². The van der Waals surface area contributed by atoms with E-state index in [-0.39, 0.29) is 0 Å². The molecule has 2 rings (SSSR count). The summed E-state index contributed by atoms with van der Waals surface area (Å²) in [5.74, 6) is 0.628. The lowest BCUT2D eigenvalue weighted by molar-refractivity contribution is 0.439. The molecule has 1 aromatic carbocycles. The number of hydrogen-bond acceptors (Lipinski definition) is 6. The van der Waals surface area contributed by atoms with Gasteiger partial charge in [0.2, 0.25) is 0 Å². The molecule has 1 N–H and O–H groups in total. The first-order valence-corrected chi connectivity index (χ1v) is 7.71. The lowest BCUT2D eigenvalue weighted by Gasteiger charge is -2.06. The second-order valence-electron chi connectivity index (χ2n) is 4.39. The molecular weight excluding hydrogens is 298 g/mol. The Morgan fingerprint density at radius 2 is 1.86 bits per heavy atom. The van der Waals surface area contributed by atoms with Crippen molar-refractivity contribution >= 4 is 22.6 Å². The summed E-state index contributed by atoms with van der Waals surface area (Å²) in [5, 5.41) is 11.7. The average Bonchev–Trinajstić information content (AvgIpc) is 2.47. The van der Waals surface area contributed by atoms with Crippen LogP contribution in [0.1, 0.15) is 11.4 Å². The van der Waals surface area contributed by atoms with Crippen molar-refractivity contribution in [2.75, 3.05) is 6.26 Å². The zero-order chi connectivity index (χ0) is 15.9. The van der Waals surface area contributed by atoms with Crippen molar-refractivity contribution < 1.29 is 4.74 Å². The summed E-state index contributed by atoms with van der Waals surface area (Å²) >= 11 is 1.36. The molecule has 0 radical (unpaired) electrons. The van der Waals surface area contributed by atoms with Gasteiger partial charge in [0, 0.05) is 11.4 Å². The van der Waals surface area contributed by atoms with Crippen LogP contribution in [0.5, 0.6) is 11.8 Å². The van der Waals surface area contributed by atoms with Crippen molar-refractivity contribution in [1.29, 1.82) is 5.26 Å². The summed E-state index contributed by atoms with van der Waals surface area (Å²) < 4.78 is 5.63. The first-order valence-electron chi connectivity index (χ1n) is 6.48. The van der Waals surface area contributed by atoms with Crippen molar-refractivity contribution in [3.63, 3.8) is 0 Å². The third kappa shape index (κ3) is 4.46. The smallest absolute Gasteiger partial charge is 0.322 e. The summed E-state index contributed by atoms with van der Waals surface area (Å²) in [6.45, 7) is 3.79. The molecule has 2 aromatic rings. The van der Waals surface area contributed by atoms with Crippen LogP contribution in [0.25, 0.3) is 0 Å². The summed E-state index contributed by atoms with van der Waals surface area (Å²) in [5.41, 5.74) is 2.44. The topological polar surface area (TPSA) is 83.2 Å². The number of amidine groups is 1. The minimum absolute atomic E-state index is 0.324. The summed E-state index contributed by atoms with van der Waals surface area (Å²) in [7, 11) is 0. The van der Waals surface area contributed by atoms with Crippen LogP contribution in [0.2, 0.25) is 0 Å². The number of benzene rings is 1. The Bertz CT molecular complexity index is 701. The third-order valence-corrected chi connectivity index (χ3v) is 3.17. The van der Waals surface area contributed by atoms with Crippen LogP contribution in [0, 0.1) is 25.3 Å². The highest BCUT2D eigenvalue weighted by Crippen LogP contribution is 2.22. The molecule has 0 aliphatic carbocycles. The molecule has 0 saturated carbocycles. The Kier molecular flexibility index (Phi) is 5.33. The van der Waals surface area contributed by atoms with E-state index in [1.165, 1.54) is 11.8 Å². The fraction of sp³-hybridized carbons (Fsp3) is 0.200. The van der Waals surface area contributed by atoms with Gasteiger partial charge in [-0.2, -0.15) is 5.26 Å². The summed E-state index contributed by atoms with van der Waals surface area (Å²) in [4.78, 5) is 12.8. The second-order valence-corrected chi connectivity index (χ2v) is 5.18. The van der Waals surface area contributed by atoms with Crippen molar-refractivity contribution in [3.05, 3.63) is 41.7 Å². The minimum atomic E-state index is 0.324. The van der Waals surface area contributed by atoms with E-state index in [9.17, 15) is 0 Å². The number of nitrogens with zero attached hydrogens (tertiary/aromatic N) is 4. The van der Waals surface area contributed by atoms with Gasteiger partial charge in [-0.15, -0.1) is 0 Å².